The summed E-state index contributed by atoms with van der Waals surface area (Å²) in [5, 5.41) is 0. The fourth-order valence-corrected chi connectivity index (χ4v) is 2.38. The highest BCUT2D eigenvalue weighted by Crippen LogP contribution is 2.25. The van der Waals surface area contributed by atoms with Crippen molar-refractivity contribution in [3.05, 3.63) is 29.8 Å². The minimum Gasteiger partial charge on any atom is -0.497 e. The largest absolute Gasteiger partial charge is 0.497 e. The third kappa shape index (κ3) is 2.81. The molecule has 1 fully saturated rings. The molecule has 1 atom stereocenters. The zero-order valence-electron chi connectivity index (χ0n) is 10.4. The van der Waals surface area contributed by atoms with Crippen molar-refractivity contribution in [3.8, 4) is 18.1 Å². The second kappa shape index (κ2) is 5.75. The van der Waals surface area contributed by atoms with Gasteiger partial charge in [0.1, 0.15) is 5.75 Å². The summed E-state index contributed by atoms with van der Waals surface area (Å²) in [6.45, 7) is 2.22. The molecule has 17 heavy (non-hydrogen) atoms. The van der Waals surface area contributed by atoms with Crippen LogP contribution in [0.2, 0.25) is 0 Å². The van der Waals surface area contributed by atoms with E-state index >= 15 is 0 Å². The van der Waals surface area contributed by atoms with Crippen LogP contribution in [0.4, 0.5) is 0 Å². The van der Waals surface area contributed by atoms with Crippen LogP contribution in [0.15, 0.2) is 24.3 Å². The molecule has 2 rings (SSSR count). The van der Waals surface area contributed by atoms with Crippen molar-refractivity contribution in [2.24, 2.45) is 0 Å². The number of nitrogens with zero attached hydrogens (tertiary/aromatic N) is 1. The first-order chi connectivity index (χ1) is 8.35. The molecule has 1 heterocycles. The molecule has 2 heteroatoms. The average Bonchev–Trinajstić information content (AvgIpc) is 2.42. The Kier molecular flexibility index (Phi) is 4.06. The summed E-state index contributed by atoms with van der Waals surface area (Å²) in [5.41, 5.74) is 1.19. The Balaban J connectivity index is 2.13. The fraction of sp³-hybridized carbons (Fsp3) is 0.467. The van der Waals surface area contributed by atoms with Gasteiger partial charge in [0.15, 0.2) is 0 Å². The molecule has 1 aliphatic heterocycles. The van der Waals surface area contributed by atoms with Gasteiger partial charge >= 0.3 is 0 Å². The third-order valence-electron chi connectivity index (χ3n) is 3.35. The standard InChI is InChI=1S/C15H19NO/c1-3-15(16-11-5-4-6-12-16)13-7-9-14(17-2)10-8-13/h1,7-10,15H,4-6,11-12H2,2H3. The van der Waals surface area contributed by atoms with Crippen LogP contribution in [0.1, 0.15) is 30.9 Å². The van der Waals surface area contributed by atoms with E-state index in [-0.39, 0.29) is 6.04 Å². The van der Waals surface area contributed by atoms with Gasteiger partial charge in [0.2, 0.25) is 0 Å². The molecule has 0 saturated carbocycles. The van der Waals surface area contributed by atoms with E-state index in [4.69, 9.17) is 11.2 Å². The second-order valence-corrected chi connectivity index (χ2v) is 4.44. The van der Waals surface area contributed by atoms with Crippen LogP contribution in [-0.2, 0) is 0 Å². The van der Waals surface area contributed by atoms with Gasteiger partial charge in [-0.05, 0) is 43.6 Å². The predicted molar refractivity (Wildman–Crippen MR) is 70.0 cm³/mol. The van der Waals surface area contributed by atoms with Crippen LogP contribution >= 0.6 is 0 Å². The highest BCUT2D eigenvalue weighted by molar-refractivity contribution is 5.32. The topological polar surface area (TPSA) is 12.5 Å². The molecule has 90 valence electrons. The lowest BCUT2D eigenvalue weighted by molar-refractivity contribution is 0.197. The van der Waals surface area contributed by atoms with Gasteiger partial charge in [0, 0.05) is 0 Å². The number of rotatable bonds is 3. The summed E-state index contributed by atoms with van der Waals surface area (Å²) in [5.74, 6) is 3.79. The lowest BCUT2D eigenvalue weighted by Gasteiger charge is -2.31. The summed E-state index contributed by atoms with van der Waals surface area (Å²) in [6, 6.07) is 8.20. The van der Waals surface area contributed by atoms with Gasteiger partial charge in [-0.15, -0.1) is 6.42 Å². The van der Waals surface area contributed by atoms with E-state index in [1.165, 1.54) is 24.8 Å². The monoisotopic (exact) mass is 229 g/mol. The summed E-state index contributed by atoms with van der Waals surface area (Å²) in [7, 11) is 1.68. The summed E-state index contributed by atoms with van der Waals surface area (Å²) < 4.78 is 5.16. The third-order valence-corrected chi connectivity index (χ3v) is 3.35. The highest BCUT2D eigenvalue weighted by atomic mass is 16.5. The van der Waals surface area contributed by atoms with E-state index in [1.54, 1.807) is 7.11 Å². The molecule has 1 unspecified atom stereocenters. The van der Waals surface area contributed by atoms with Crippen molar-refractivity contribution in [1.29, 1.82) is 0 Å². The second-order valence-electron chi connectivity index (χ2n) is 4.44. The Bertz CT molecular complexity index is 384. The van der Waals surface area contributed by atoms with E-state index < -0.39 is 0 Å². The Morgan fingerprint density at radius 1 is 1.18 bits per heavy atom. The van der Waals surface area contributed by atoms with Crippen LogP contribution in [0.5, 0.6) is 5.75 Å². The molecular weight excluding hydrogens is 210 g/mol. The van der Waals surface area contributed by atoms with Crippen LogP contribution in [-0.4, -0.2) is 25.1 Å². The van der Waals surface area contributed by atoms with Crippen molar-refractivity contribution in [2.45, 2.75) is 25.3 Å². The quantitative estimate of drug-likeness (QED) is 0.739. The molecular formula is C15H19NO. The highest BCUT2D eigenvalue weighted by Gasteiger charge is 2.19. The van der Waals surface area contributed by atoms with E-state index in [1.807, 2.05) is 12.1 Å². The van der Waals surface area contributed by atoms with Crippen LogP contribution in [0, 0.1) is 12.3 Å². The van der Waals surface area contributed by atoms with Crippen LogP contribution in [0.3, 0.4) is 0 Å². The SMILES string of the molecule is C#CC(c1ccc(OC)cc1)N1CCCCC1. The molecule has 0 N–H and O–H groups in total. The van der Waals surface area contributed by atoms with E-state index in [0.29, 0.717) is 0 Å². The predicted octanol–water partition coefficient (Wildman–Crippen LogP) is 2.86. The first kappa shape index (κ1) is 12.0. The molecule has 1 aromatic rings. The summed E-state index contributed by atoms with van der Waals surface area (Å²) in [4.78, 5) is 2.39. The number of methoxy groups -OCH3 is 1. The minimum atomic E-state index is 0.112. The number of ether oxygens (including phenoxy) is 1. The van der Waals surface area contributed by atoms with Crippen molar-refractivity contribution in [3.63, 3.8) is 0 Å². The lowest BCUT2D eigenvalue weighted by atomic mass is 10.0. The number of piperidine rings is 1. The Morgan fingerprint density at radius 2 is 1.82 bits per heavy atom. The Labute approximate surface area is 104 Å². The molecule has 0 spiro atoms. The van der Waals surface area contributed by atoms with Gasteiger partial charge in [-0.2, -0.15) is 0 Å². The van der Waals surface area contributed by atoms with E-state index in [0.717, 1.165) is 18.8 Å². The smallest absolute Gasteiger partial charge is 0.118 e. The molecule has 0 bridgehead atoms. The van der Waals surface area contributed by atoms with Gasteiger partial charge in [-0.3, -0.25) is 4.90 Å². The van der Waals surface area contributed by atoms with Crippen molar-refractivity contribution in [1.82, 2.24) is 4.90 Å². The Morgan fingerprint density at radius 3 is 2.35 bits per heavy atom. The molecule has 1 aliphatic rings. The number of hydrogen-bond donors (Lipinski definition) is 0. The van der Waals surface area contributed by atoms with Gasteiger partial charge in [0.05, 0.1) is 13.2 Å². The number of hydrogen-bond acceptors (Lipinski definition) is 2. The molecule has 1 saturated heterocycles. The van der Waals surface area contributed by atoms with Crippen LogP contribution in [0.25, 0.3) is 0 Å². The maximum Gasteiger partial charge on any atom is 0.118 e. The maximum atomic E-state index is 5.68. The molecule has 1 aromatic carbocycles. The van der Waals surface area contributed by atoms with Gasteiger partial charge < -0.3 is 4.74 Å². The summed E-state index contributed by atoms with van der Waals surface area (Å²) >= 11 is 0. The Hall–Kier alpha value is -1.46. The zero-order valence-corrected chi connectivity index (χ0v) is 10.4. The van der Waals surface area contributed by atoms with Gasteiger partial charge in [-0.25, -0.2) is 0 Å². The number of terminal acetylenes is 1. The van der Waals surface area contributed by atoms with E-state index in [2.05, 4.69) is 23.0 Å². The van der Waals surface area contributed by atoms with Crippen molar-refractivity contribution in [2.75, 3.05) is 20.2 Å². The lowest BCUT2D eigenvalue weighted by Crippen LogP contribution is -2.33. The average molecular weight is 229 g/mol. The van der Waals surface area contributed by atoms with E-state index in [9.17, 15) is 0 Å². The molecule has 0 amide bonds. The van der Waals surface area contributed by atoms with Crippen molar-refractivity contribution < 1.29 is 4.74 Å². The first-order valence-electron chi connectivity index (χ1n) is 6.19. The molecule has 0 aromatic heterocycles. The fourth-order valence-electron chi connectivity index (χ4n) is 2.38. The molecule has 0 aliphatic carbocycles. The number of benzene rings is 1. The van der Waals surface area contributed by atoms with Gasteiger partial charge in [-0.1, -0.05) is 24.5 Å². The van der Waals surface area contributed by atoms with Crippen LogP contribution < -0.4 is 4.74 Å². The maximum absolute atomic E-state index is 5.68. The molecule has 2 nitrogen and oxygen atoms in total. The normalized spacial score (nSPS) is 18.4. The molecule has 0 radical (unpaired) electrons. The minimum absolute atomic E-state index is 0.112. The summed E-state index contributed by atoms with van der Waals surface area (Å²) in [6.07, 6.45) is 9.53. The zero-order chi connectivity index (χ0) is 12.1. The number of likely N-dealkylation sites (tertiary alicyclic amines) is 1. The van der Waals surface area contributed by atoms with Gasteiger partial charge in [0.25, 0.3) is 0 Å². The first-order valence-corrected chi connectivity index (χ1v) is 6.19. The van der Waals surface area contributed by atoms with Crippen molar-refractivity contribution >= 4 is 0 Å².